The summed E-state index contributed by atoms with van der Waals surface area (Å²) in [5.74, 6) is -0.776. The van der Waals surface area contributed by atoms with Gasteiger partial charge in [-0.2, -0.15) is 0 Å². The van der Waals surface area contributed by atoms with Crippen LogP contribution >= 0.6 is 11.6 Å². The van der Waals surface area contributed by atoms with Crippen LogP contribution in [0.1, 0.15) is 36.0 Å². The molecule has 2 rings (SSSR count). The van der Waals surface area contributed by atoms with E-state index in [-0.39, 0.29) is 10.8 Å². The van der Waals surface area contributed by atoms with Crippen molar-refractivity contribution in [3.8, 4) is 5.75 Å². The second-order valence-corrected chi connectivity index (χ2v) is 5.15. The minimum absolute atomic E-state index is 0.0188. The van der Waals surface area contributed by atoms with E-state index in [4.69, 9.17) is 11.6 Å². The van der Waals surface area contributed by atoms with Crippen molar-refractivity contribution in [3.05, 3.63) is 27.8 Å². The molecule has 17 heavy (non-hydrogen) atoms. The summed E-state index contributed by atoms with van der Waals surface area (Å²) in [7, 11) is 0. The highest BCUT2D eigenvalue weighted by Gasteiger charge is 2.48. The second-order valence-electron chi connectivity index (χ2n) is 4.77. The van der Waals surface area contributed by atoms with Gasteiger partial charge in [0.15, 0.2) is 0 Å². The Morgan fingerprint density at radius 2 is 2.00 bits per heavy atom. The molecule has 0 radical (unpaired) electrons. The molecule has 1 aliphatic rings. The number of carboxylic acids is 1. The number of aromatic hydroxyl groups is 1. The lowest BCUT2D eigenvalue weighted by Gasteiger charge is -2.40. The summed E-state index contributed by atoms with van der Waals surface area (Å²) in [4.78, 5) is 11.5. The molecule has 0 amide bonds. The first-order valence-corrected chi connectivity index (χ1v) is 6.00. The van der Waals surface area contributed by atoms with E-state index in [1.165, 1.54) is 0 Å². The maximum absolute atomic E-state index is 11.5. The van der Waals surface area contributed by atoms with Gasteiger partial charge in [-0.1, -0.05) is 18.0 Å². The summed E-state index contributed by atoms with van der Waals surface area (Å²) in [5, 5.41) is 19.3. The zero-order chi connectivity index (χ0) is 12.8. The monoisotopic (exact) mass is 254 g/mol. The van der Waals surface area contributed by atoms with Crippen LogP contribution in [0.3, 0.4) is 0 Å². The molecule has 4 heteroatoms. The van der Waals surface area contributed by atoms with Gasteiger partial charge in [0.05, 0.1) is 10.4 Å². The van der Waals surface area contributed by atoms with E-state index in [0.29, 0.717) is 18.4 Å². The van der Waals surface area contributed by atoms with Crippen LogP contribution in [0.4, 0.5) is 0 Å². The van der Waals surface area contributed by atoms with Crippen molar-refractivity contribution in [1.29, 1.82) is 0 Å². The van der Waals surface area contributed by atoms with Crippen LogP contribution < -0.4 is 0 Å². The van der Waals surface area contributed by atoms with Crippen LogP contribution in [0.15, 0.2) is 6.07 Å². The van der Waals surface area contributed by atoms with E-state index < -0.39 is 11.4 Å². The average molecular weight is 255 g/mol. The standard InChI is InChI=1S/C13H15ClO3/c1-7-6-9(15)11(14)8(2)10(7)13(12(16)17)4-3-5-13/h6,15H,3-5H2,1-2H3,(H,16,17). The molecular formula is C13H15ClO3. The Morgan fingerprint density at radius 3 is 2.41 bits per heavy atom. The van der Waals surface area contributed by atoms with Crippen molar-refractivity contribution in [1.82, 2.24) is 0 Å². The van der Waals surface area contributed by atoms with Crippen LogP contribution in [-0.4, -0.2) is 16.2 Å². The molecule has 1 saturated carbocycles. The Balaban J connectivity index is 2.67. The molecule has 1 aromatic rings. The molecule has 0 atom stereocenters. The molecule has 0 heterocycles. The number of phenolic OH excluding ortho intramolecular Hbond substituents is 1. The predicted molar refractivity (Wildman–Crippen MR) is 65.8 cm³/mol. The number of hydrogen-bond acceptors (Lipinski definition) is 2. The first kappa shape index (κ1) is 12.2. The highest BCUT2D eigenvalue weighted by Crippen LogP contribution is 2.48. The van der Waals surface area contributed by atoms with E-state index in [1.54, 1.807) is 13.0 Å². The van der Waals surface area contributed by atoms with Crippen molar-refractivity contribution >= 4 is 17.6 Å². The number of hydrogen-bond donors (Lipinski definition) is 2. The quantitative estimate of drug-likeness (QED) is 0.852. The number of benzene rings is 1. The van der Waals surface area contributed by atoms with Crippen LogP contribution in [0.5, 0.6) is 5.75 Å². The van der Waals surface area contributed by atoms with Gasteiger partial charge in [-0.25, -0.2) is 0 Å². The Morgan fingerprint density at radius 1 is 1.41 bits per heavy atom. The molecule has 1 fully saturated rings. The molecule has 0 spiro atoms. The van der Waals surface area contributed by atoms with Gasteiger partial charge >= 0.3 is 5.97 Å². The average Bonchev–Trinajstić information content (AvgIpc) is 2.17. The zero-order valence-corrected chi connectivity index (χ0v) is 10.6. The van der Waals surface area contributed by atoms with E-state index >= 15 is 0 Å². The molecule has 0 saturated heterocycles. The summed E-state index contributed by atoms with van der Waals surface area (Å²) < 4.78 is 0. The van der Waals surface area contributed by atoms with Crippen molar-refractivity contribution in [2.45, 2.75) is 38.5 Å². The number of carbonyl (C=O) groups is 1. The van der Waals surface area contributed by atoms with Gasteiger partial charge in [-0.15, -0.1) is 0 Å². The van der Waals surface area contributed by atoms with E-state index in [0.717, 1.165) is 17.5 Å². The molecular weight excluding hydrogens is 240 g/mol. The number of rotatable bonds is 2. The number of halogens is 1. The predicted octanol–water partition coefficient (Wildman–Crippen LogP) is 3.17. The lowest BCUT2D eigenvalue weighted by atomic mass is 9.62. The van der Waals surface area contributed by atoms with Crippen molar-refractivity contribution in [2.24, 2.45) is 0 Å². The fourth-order valence-corrected chi connectivity index (χ4v) is 2.92. The Hall–Kier alpha value is -1.22. The molecule has 2 N–H and O–H groups in total. The van der Waals surface area contributed by atoms with Gasteiger partial charge in [-0.3, -0.25) is 4.79 Å². The normalized spacial score (nSPS) is 17.6. The third-order valence-electron chi connectivity index (χ3n) is 3.77. The first-order valence-electron chi connectivity index (χ1n) is 5.62. The minimum atomic E-state index is -0.800. The van der Waals surface area contributed by atoms with Gasteiger partial charge < -0.3 is 10.2 Å². The maximum atomic E-state index is 11.5. The Labute approximate surface area is 105 Å². The molecule has 0 unspecified atom stereocenters. The SMILES string of the molecule is Cc1cc(O)c(Cl)c(C)c1C1(C(=O)O)CCC1. The van der Waals surface area contributed by atoms with Gasteiger partial charge in [-0.05, 0) is 49.4 Å². The zero-order valence-electron chi connectivity index (χ0n) is 9.88. The van der Waals surface area contributed by atoms with Gasteiger partial charge in [0.2, 0.25) is 0 Å². The number of phenols is 1. The van der Waals surface area contributed by atoms with E-state index in [9.17, 15) is 15.0 Å². The van der Waals surface area contributed by atoms with Gasteiger partial charge in [0, 0.05) is 0 Å². The molecule has 1 aliphatic carbocycles. The summed E-state index contributed by atoms with van der Waals surface area (Å²) >= 11 is 6.00. The highest BCUT2D eigenvalue weighted by molar-refractivity contribution is 6.33. The maximum Gasteiger partial charge on any atom is 0.314 e. The van der Waals surface area contributed by atoms with Crippen LogP contribution in [-0.2, 0) is 10.2 Å². The Bertz CT molecular complexity index is 490. The van der Waals surface area contributed by atoms with Crippen molar-refractivity contribution in [3.63, 3.8) is 0 Å². The second kappa shape index (κ2) is 3.91. The molecule has 0 aliphatic heterocycles. The smallest absolute Gasteiger partial charge is 0.314 e. The minimum Gasteiger partial charge on any atom is -0.506 e. The largest absolute Gasteiger partial charge is 0.506 e. The lowest BCUT2D eigenvalue weighted by molar-refractivity contribution is -0.147. The fraction of sp³-hybridized carbons (Fsp3) is 0.462. The fourth-order valence-electron chi connectivity index (χ4n) is 2.78. The first-order chi connectivity index (χ1) is 7.90. The molecule has 0 bridgehead atoms. The topological polar surface area (TPSA) is 57.5 Å². The third kappa shape index (κ3) is 1.61. The molecule has 92 valence electrons. The summed E-state index contributed by atoms with van der Waals surface area (Å²) in [5.41, 5.74) is 1.46. The molecule has 3 nitrogen and oxygen atoms in total. The van der Waals surface area contributed by atoms with E-state index in [2.05, 4.69) is 0 Å². The third-order valence-corrected chi connectivity index (χ3v) is 4.25. The van der Waals surface area contributed by atoms with Crippen molar-refractivity contribution in [2.75, 3.05) is 0 Å². The lowest BCUT2D eigenvalue weighted by Crippen LogP contribution is -2.43. The van der Waals surface area contributed by atoms with E-state index in [1.807, 2.05) is 6.92 Å². The number of aryl methyl sites for hydroxylation is 1. The number of aliphatic carboxylic acids is 1. The molecule has 1 aromatic carbocycles. The molecule has 0 aromatic heterocycles. The van der Waals surface area contributed by atoms with Crippen LogP contribution in [0.25, 0.3) is 0 Å². The summed E-state index contributed by atoms with van der Waals surface area (Å²) in [6, 6.07) is 1.55. The summed E-state index contributed by atoms with van der Waals surface area (Å²) in [6.45, 7) is 3.59. The van der Waals surface area contributed by atoms with Crippen molar-refractivity contribution < 1.29 is 15.0 Å². The Kier molecular flexibility index (Phi) is 2.82. The van der Waals surface area contributed by atoms with Gasteiger partial charge in [0.1, 0.15) is 5.75 Å². The summed E-state index contributed by atoms with van der Waals surface area (Å²) in [6.07, 6.45) is 2.21. The number of carboxylic acid groups (broad SMARTS) is 1. The van der Waals surface area contributed by atoms with Crippen LogP contribution in [0.2, 0.25) is 5.02 Å². The highest BCUT2D eigenvalue weighted by atomic mass is 35.5. The van der Waals surface area contributed by atoms with Gasteiger partial charge in [0.25, 0.3) is 0 Å². The van der Waals surface area contributed by atoms with Crippen LogP contribution in [0, 0.1) is 13.8 Å².